The van der Waals surface area contributed by atoms with E-state index in [2.05, 4.69) is 5.32 Å². The molecule has 19 heavy (non-hydrogen) atoms. The first kappa shape index (κ1) is 13.9. The second-order valence-corrected chi connectivity index (χ2v) is 5.63. The molecule has 5 heteroatoms. The fourth-order valence-corrected chi connectivity index (χ4v) is 2.52. The quantitative estimate of drug-likeness (QED) is 0.916. The van der Waals surface area contributed by atoms with Gasteiger partial charge in [-0.15, -0.1) is 0 Å². The molecule has 0 bridgehead atoms. The van der Waals surface area contributed by atoms with Gasteiger partial charge in [0.15, 0.2) is 0 Å². The Bertz CT molecular complexity index is 502. The molecule has 0 spiro atoms. The van der Waals surface area contributed by atoms with Crippen molar-refractivity contribution in [2.24, 2.45) is 0 Å². The fraction of sp³-hybridized carbons (Fsp3) is 0.429. The highest BCUT2D eigenvalue weighted by molar-refractivity contribution is 7.98. The van der Waals surface area contributed by atoms with Crippen molar-refractivity contribution in [3.8, 4) is 0 Å². The molecule has 0 atom stereocenters. The molecule has 1 aromatic carbocycles. The third-order valence-corrected chi connectivity index (χ3v) is 3.82. The van der Waals surface area contributed by atoms with Crippen molar-refractivity contribution in [2.45, 2.75) is 12.8 Å². The zero-order valence-electron chi connectivity index (χ0n) is 11.2. The van der Waals surface area contributed by atoms with Gasteiger partial charge < -0.3 is 10.2 Å². The number of nitrogens with one attached hydrogen (secondary N) is 1. The molecule has 0 saturated carbocycles. The van der Waals surface area contributed by atoms with Crippen LogP contribution in [0.15, 0.2) is 18.2 Å². The number of carbonyl (C=O) groups excluding carboxylic acids is 2. The molecule has 2 amide bonds. The van der Waals surface area contributed by atoms with Crippen LogP contribution < -0.4 is 5.32 Å². The summed E-state index contributed by atoms with van der Waals surface area (Å²) in [5, 5.41) is 2.82. The Morgan fingerprint density at radius 3 is 2.95 bits per heavy atom. The lowest BCUT2D eigenvalue weighted by Gasteiger charge is -2.20. The highest BCUT2D eigenvalue weighted by Gasteiger charge is 2.18. The smallest absolute Gasteiger partial charge is 0.253 e. The summed E-state index contributed by atoms with van der Waals surface area (Å²) in [6.07, 6.45) is 3.23. The molecular formula is C14H18N2O2S. The molecule has 1 aliphatic heterocycles. The molecular weight excluding hydrogens is 260 g/mol. The molecule has 0 aromatic heterocycles. The predicted molar refractivity (Wildman–Crippen MR) is 78.7 cm³/mol. The Labute approximate surface area is 117 Å². The van der Waals surface area contributed by atoms with Gasteiger partial charge in [-0.25, -0.2) is 0 Å². The van der Waals surface area contributed by atoms with Gasteiger partial charge in [0.1, 0.15) is 0 Å². The van der Waals surface area contributed by atoms with Crippen molar-refractivity contribution in [3.63, 3.8) is 0 Å². The third-order valence-electron chi connectivity index (χ3n) is 3.23. The van der Waals surface area contributed by atoms with Gasteiger partial charge in [-0.2, -0.15) is 11.8 Å². The number of hydrogen-bond acceptors (Lipinski definition) is 3. The molecule has 0 fully saturated rings. The summed E-state index contributed by atoms with van der Waals surface area (Å²) in [6, 6.07) is 5.50. The van der Waals surface area contributed by atoms with Crippen molar-refractivity contribution in [2.75, 3.05) is 30.9 Å². The zero-order valence-corrected chi connectivity index (χ0v) is 12.0. The normalized spacial score (nSPS) is 13.7. The summed E-state index contributed by atoms with van der Waals surface area (Å²) >= 11 is 1.72. The number of anilines is 1. The van der Waals surface area contributed by atoms with Crippen LogP contribution in [-0.2, 0) is 11.2 Å². The van der Waals surface area contributed by atoms with Crippen LogP contribution in [0.25, 0.3) is 0 Å². The van der Waals surface area contributed by atoms with Gasteiger partial charge in [-0.3, -0.25) is 9.59 Å². The van der Waals surface area contributed by atoms with E-state index in [1.807, 2.05) is 25.4 Å². The van der Waals surface area contributed by atoms with Crippen LogP contribution in [-0.4, -0.2) is 42.3 Å². The van der Waals surface area contributed by atoms with Gasteiger partial charge >= 0.3 is 0 Å². The maximum Gasteiger partial charge on any atom is 0.253 e. The first-order valence-electron chi connectivity index (χ1n) is 6.29. The number of fused-ring (bicyclic) bond motifs is 1. The first-order valence-corrected chi connectivity index (χ1v) is 7.68. The number of nitrogens with zero attached hydrogens (tertiary/aromatic N) is 1. The van der Waals surface area contributed by atoms with E-state index in [4.69, 9.17) is 0 Å². The molecule has 0 radical (unpaired) electrons. The van der Waals surface area contributed by atoms with Crippen LogP contribution in [0.1, 0.15) is 22.3 Å². The number of amides is 2. The minimum absolute atomic E-state index is 0.0359. The van der Waals surface area contributed by atoms with Crippen molar-refractivity contribution in [1.29, 1.82) is 0 Å². The Kier molecular flexibility index (Phi) is 4.47. The Morgan fingerprint density at radius 1 is 1.42 bits per heavy atom. The maximum atomic E-state index is 12.2. The molecule has 1 heterocycles. The number of carbonyl (C=O) groups is 2. The zero-order chi connectivity index (χ0) is 13.8. The molecule has 0 unspecified atom stereocenters. The second kappa shape index (κ2) is 6.10. The number of benzene rings is 1. The second-order valence-electron chi connectivity index (χ2n) is 4.64. The van der Waals surface area contributed by atoms with Crippen LogP contribution in [0.5, 0.6) is 0 Å². The Balaban J connectivity index is 2.13. The summed E-state index contributed by atoms with van der Waals surface area (Å²) in [7, 11) is 1.82. The summed E-state index contributed by atoms with van der Waals surface area (Å²) in [5.41, 5.74) is 2.57. The summed E-state index contributed by atoms with van der Waals surface area (Å²) in [5.74, 6) is 1.01. The number of hydrogen-bond donors (Lipinski definition) is 1. The highest BCUT2D eigenvalue weighted by atomic mass is 32.2. The van der Waals surface area contributed by atoms with Crippen LogP contribution in [0, 0.1) is 0 Å². The van der Waals surface area contributed by atoms with Gasteiger partial charge in [0, 0.05) is 37.0 Å². The first-order chi connectivity index (χ1) is 9.11. The maximum absolute atomic E-state index is 12.2. The van der Waals surface area contributed by atoms with Crippen molar-refractivity contribution in [3.05, 3.63) is 29.3 Å². The molecule has 102 valence electrons. The minimum Gasteiger partial charge on any atom is -0.341 e. The molecule has 2 rings (SSSR count). The minimum atomic E-state index is 0.0359. The van der Waals surface area contributed by atoms with Gasteiger partial charge in [0.25, 0.3) is 5.91 Å². The van der Waals surface area contributed by atoms with Crippen LogP contribution >= 0.6 is 11.8 Å². The largest absolute Gasteiger partial charge is 0.341 e. The SMILES string of the molecule is CSCCN(C)C(=O)c1ccc2c(c1)CCC(=O)N2. The Hall–Kier alpha value is -1.49. The Morgan fingerprint density at radius 2 is 2.21 bits per heavy atom. The standard InChI is InChI=1S/C14H18N2O2S/c1-16(7-8-19-2)14(18)11-3-5-12-10(9-11)4-6-13(17)15-12/h3,5,9H,4,6-8H2,1-2H3,(H,15,17). The van der Waals surface area contributed by atoms with Gasteiger partial charge in [0.2, 0.25) is 5.91 Å². The van der Waals surface area contributed by atoms with Crippen molar-refractivity contribution in [1.82, 2.24) is 4.90 Å². The molecule has 1 N–H and O–H groups in total. The fourth-order valence-electron chi connectivity index (χ4n) is 2.07. The predicted octanol–water partition coefficient (Wildman–Crippen LogP) is 2.01. The monoisotopic (exact) mass is 278 g/mol. The summed E-state index contributed by atoms with van der Waals surface area (Å²) < 4.78 is 0. The molecule has 1 aliphatic rings. The molecule has 0 saturated heterocycles. The van der Waals surface area contributed by atoms with Crippen molar-refractivity contribution < 1.29 is 9.59 Å². The lowest BCUT2D eigenvalue weighted by molar-refractivity contribution is -0.116. The molecule has 4 nitrogen and oxygen atoms in total. The van der Waals surface area contributed by atoms with E-state index < -0.39 is 0 Å². The van der Waals surface area contributed by atoms with E-state index >= 15 is 0 Å². The molecule has 0 aliphatic carbocycles. The van der Waals surface area contributed by atoms with Crippen LogP contribution in [0.3, 0.4) is 0 Å². The van der Waals surface area contributed by atoms with E-state index in [1.165, 1.54) is 0 Å². The number of rotatable bonds is 4. The van der Waals surface area contributed by atoms with Crippen molar-refractivity contribution >= 4 is 29.3 Å². The third kappa shape index (κ3) is 3.29. The lowest BCUT2D eigenvalue weighted by atomic mass is 10.00. The lowest BCUT2D eigenvalue weighted by Crippen LogP contribution is -2.29. The van der Waals surface area contributed by atoms with E-state index in [9.17, 15) is 9.59 Å². The molecule has 1 aromatic rings. The van der Waals surface area contributed by atoms with Gasteiger partial charge in [-0.05, 0) is 36.4 Å². The van der Waals surface area contributed by atoms with E-state index in [0.717, 1.165) is 23.5 Å². The topological polar surface area (TPSA) is 49.4 Å². The van der Waals surface area contributed by atoms with E-state index in [-0.39, 0.29) is 11.8 Å². The van der Waals surface area contributed by atoms with Gasteiger partial charge in [0.05, 0.1) is 0 Å². The summed E-state index contributed by atoms with van der Waals surface area (Å²) in [4.78, 5) is 25.2. The number of thioether (sulfide) groups is 1. The average molecular weight is 278 g/mol. The highest BCUT2D eigenvalue weighted by Crippen LogP contribution is 2.24. The van der Waals surface area contributed by atoms with E-state index in [0.29, 0.717) is 18.4 Å². The van der Waals surface area contributed by atoms with Gasteiger partial charge in [-0.1, -0.05) is 0 Å². The average Bonchev–Trinajstić information content (AvgIpc) is 2.43. The summed E-state index contributed by atoms with van der Waals surface area (Å²) in [6.45, 7) is 0.744. The number of aryl methyl sites for hydroxylation is 1. The van der Waals surface area contributed by atoms with E-state index in [1.54, 1.807) is 22.7 Å². The van der Waals surface area contributed by atoms with Crippen LogP contribution in [0.2, 0.25) is 0 Å². The van der Waals surface area contributed by atoms with Crippen LogP contribution in [0.4, 0.5) is 5.69 Å².